The van der Waals surface area contributed by atoms with E-state index in [1.54, 1.807) is 0 Å². The fourth-order valence-electron chi connectivity index (χ4n) is 2.55. The van der Waals surface area contributed by atoms with Gasteiger partial charge < -0.3 is 14.7 Å². The smallest absolute Gasteiger partial charge is 0.138 e. The van der Waals surface area contributed by atoms with Gasteiger partial charge in [0.1, 0.15) is 11.9 Å². The Morgan fingerprint density at radius 1 is 1.40 bits per heavy atom. The van der Waals surface area contributed by atoms with Crippen LogP contribution in [0.3, 0.4) is 0 Å². The molecule has 0 bridgehead atoms. The number of aliphatic hydroxyl groups excluding tert-OH is 1. The maximum atomic E-state index is 8.93. The van der Waals surface area contributed by atoms with Crippen molar-refractivity contribution in [3.05, 3.63) is 24.0 Å². The van der Waals surface area contributed by atoms with Crippen molar-refractivity contribution in [1.82, 2.24) is 9.88 Å². The van der Waals surface area contributed by atoms with Crippen LogP contribution in [0, 0.1) is 0 Å². The lowest BCUT2D eigenvalue weighted by Gasteiger charge is -2.31. The molecule has 4 nitrogen and oxygen atoms in total. The molecule has 1 unspecified atom stereocenters. The minimum Gasteiger partial charge on any atom is -0.489 e. The summed E-state index contributed by atoms with van der Waals surface area (Å²) in [7, 11) is 0. The zero-order valence-corrected chi connectivity index (χ0v) is 12.6. The summed E-state index contributed by atoms with van der Waals surface area (Å²) < 4.78 is 6.00. The van der Waals surface area contributed by atoms with E-state index in [-0.39, 0.29) is 12.7 Å². The fourth-order valence-corrected chi connectivity index (χ4v) is 2.55. The van der Waals surface area contributed by atoms with Gasteiger partial charge in [-0.1, -0.05) is 13.8 Å². The van der Waals surface area contributed by atoms with E-state index in [0.717, 1.165) is 50.3 Å². The molecule has 20 heavy (non-hydrogen) atoms. The van der Waals surface area contributed by atoms with Crippen LogP contribution >= 0.6 is 0 Å². The first-order valence-electron chi connectivity index (χ1n) is 7.68. The number of β-amino-alcohol motifs (C(OH)–C–C–N with tert-alkyl or cyclic N) is 1. The van der Waals surface area contributed by atoms with Crippen molar-refractivity contribution in [2.24, 2.45) is 0 Å². The predicted octanol–water partition coefficient (Wildman–Crippen LogP) is 2.43. The zero-order chi connectivity index (χ0) is 14.4. The van der Waals surface area contributed by atoms with Crippen molar-refractivity contribution < 1.29 is 9.84 Å². The van der Waals surface area contributed by atoms with Gasteiger partial charge in [-0.3, -0.25) is 4.98 Å². The summed E-state index contributed by atoms with van der Waals surface area (Å²) in [5.74, 6) is 1.38. The van der Waals surface area contributed by atoms with E-state index >= 15 is 0 Å². The number of piperidine rings is 1. The summed E-state index contributed by atoms with van der Waals surface area (Å²) in [5.41, 5.74) is 1.14. The molecule has 4 heteroatoms. The average Bonchev–Trinajstić information content (AvgIpc) is 2.49. The SMILES string of the molecule is CCC(C)c1ccc(OC2CCN(CCO)CC2)cn1. The van der Waals surface area contributed by atoms with E-state index in [4.69, 9.17) is 9.84 Å². The second-order valence-corrected chi connectivity index (χ2v) is 5.61. The van der Waals surface area contributed by atoms with Gasteiger partial charge in [-0.2, -0.15) is 0 Å². The topological polar surface area (TPSA) is 45.6 Å². The Bertz CT molecular complexity index is 386. The molecule has 0 spiro atoms. The normalized spacial score (nSPS) is 18.9. The average molecular weight is 278 g/mol. The molecule has 1 aliphatic rings. The van der Waals surface area contributed by atoms with Crippen LogP contribution in [0.25, 0.3) is 0 Å². The van der Waals surface area contributed by atoms with Gasteiger partial charge in [-0.15, -0.1) is 0 Å². The van der Waals surface area contributed by atoms with Crippen LogP contribution in [0.15, 0.2) is 18.3 Å². The number of nitrogens with zero attached hydrogens (tertiary/aromatic N) is 2. The first kappa shape index (κ1) is 15.3. The van der Waals surface area contributed by atoms with Crippen molar-refractivity contribution in [1.29, 1.82) is 0 Å². The monoisotopic (exact) mass is 278 g/mol. The number of rotatable bonds is 6. The number of ether oxygens (including phenoxy) is 1. The number of pyridine rings is 1. The summed E-state index contributed by atoms with van der Waals surface area (Å²) >= 11 is 0. The Morgan fingerprint density at radius 3 is 2.70 bits per heavy atom. The Hall–Kier alpha value is -1.13. The maximum absolute atomic E-state index is 8.93. The van der Waals surface area contributed by atoms with Crippen molar-refractivity contribution in [3.63, 3.8) is 0 Å². The number of hydrogen-bond acceptors (Lipinski definition) is 4. The predicted molar refractivity (Wildman–Crippen MR) is 80.1 cm³/mol. The van der Waals surface area contributed by atoms with E-state index in [1.807, 2.05) is 12.3 Å². The number of aliphatic hydroxyl groups is 1. The standard InChI is InChI=1S/C16H26N2O2/c1-3-13(2)16-5-4-15(12-17-16)20-14-6-8-18(9-7-14)10-11-19/h4-5,12-14,19H,3,6-11H2,1-2H3. The van der Waals surface area contributed by atoms with E-state index < -0.39 is 0 Å². The van der Waals surface area contributed by atoms with Crippen LogP contribution < -0.4 is 4.74 Å². The highest BCUT2D eigenvalue weighted by Crippen LogP contribution is 2.21. The van der Waals surface area contributed by atoms with Crippen LogP contribution in [0.4, 0.5) is 0 Å². The third kappa shape index (κ3) is 4.18. The van der Waals surface area contributed by atoms with Crippen LogP contribution in [0.2, 0.25) is 0 Å². The Kier molecular flexibility index (Phi) is 5.80. The minimum absolute atomic E-state index is 0.243. The van der Waals surface area contributed by atoms with Gasteiger partial charge in [0.2, 0.25) is 0 Å². The first-order valence-corrected chi connectivity index (χ1v) is 7.68. The third-order valence-corrected chi connectivity index (χ3v) is 4.13. The zero-order valence-electron chi connectivity index (χ0n) is 12.6. The lowest BCUT2D eigenvalue weighted by molar-refractivity contribution is 0.0886. The number of hydrogen-bond donors (Lipinski definition) is 1. The minimum atomic E-state index is 0.243. The van der Waals surface area contributed by atoms with E-state index in [9.17, 15) is 0 Å². The molecule has 1 aromatic rings. The molecule has 1 aromatic heterocycles. The second kappa shape index (κ2) is 7.60. The lowest BCUT2D eigenvalue weighted by Crippen LogP contribution is -2.39. The number of likely N-dealkylation sites (tertiary alicyclic amines) is 1. The van der Waals surface area contributed by atoms with Gasteiger partial charge in [0.05, 0.1) is 12.8 Å². The Labute approximate surface area is 121 Å². The van der Waals surface area contributed by atoms with Crippen LogP contribution in [-0.2, 0) is 0 Å². The van der Waals surface area contributed by atoms with Gasteiger partial charge in [-0.05, 0) is 37.3 Å². The molecule has 1 saturated heterocycles. The molecule has 1 fully saturated rings. The quantitative estimate of drug-likeness (QED) is 0.868. The molecule has 0 aromatic carbocycles. The molecule has 1 atom stereocenters. The molecule has 0 amide bonds. The van der Waals surface area contributed by atoms with E-state index in [0.29, 0.717) is 5.92 Å². The molecule has 2 heterocycles. The van der Waals surface area contributed by atoms with E-state index in [2.05, 4.69) is 29.8 Å². The highest BCUT2D eigenvalue weighted by atomic mass is 16.5. The second-order valence-electron chi connectivity index (χ2n) is 5.61. The van der Waals surface area contributed by atoms with Crippen LogP contribution in [0.5, 0.6) is 5.75 Å². The molecular formula is C16H26N2O2. The molecule has 0 radical (unpaired) electrons. The summed E-state index contributed by atoms with van der Waals surface area (Å²) in [6.45, 7) is 7.40. The number of aromatic nitrogens is 1. The van der Waals surface area contributed by atoms with Crippen molar-refractivity contribution >= 4 is 0 Å². The van der Waals surface area contributed by atoms with E-state index in [1.165, 1.54) is 0 Å². The summed E-state index contributed by atoms with van der Waals surface area (Å²) in [4.78, 5) is 6.77. The van der Waals surface area contributed by atoms with Crippen molar-refractivity contribution in [2.45, 2.75) is 45.1 Å². The van der Waals surface area contributed by atoms with Gasteiger partial charge >= 0.3 is 0 Å². The van der Waals surface area contributed by atoms with Crippen molar-refractivity contribution in [2.75, 3.05) is 26.2 Å². The lowest BCUT2D eigenvalue weighted by atomic mass is 10.0. The highest BCUT2D eigenvalue weighted by Gasteiger charge is 2.20. The molecule has 0 saturated carbocycles. The Balaban J connectivity index is 1.82. The molecule has 0 aliphatic carbocycles. The molecule has 112 valence electrons. The Morgan fingerprint density at radius 2 is 2.15 bits per heavy atom. The molecule has 2 rings (SSSR count). The maximum Gasteiger partial charge on any atom is 0.138 e. The summed E-state index contributed by atoms with van der Waals surface area (Å²) in [6.07, 6.45) is 5.28. The summed E-state index contributed by atoms with van der Waals surface area (Å²) in [6, 6.07) is 4.11. The van der Waals surface area contributed by atoms with Crippen LogP contribution in [0.1, 0.15) is 44.7 Å². The molecule has 1 aliphatic heterocycles. The third-order valence-electron chi connectivity index (χ3n) is 4.13. The van der Waals surface area contributed by atoms with Crippen molar-refractivity contribution in [3.8, 4) is 5.75 Å². The van der Waals surface area contributed by atoms with Gasteiger partial charge in [0.15, 0.2) is 0 Å². The largest absolute Gasteiger partial charge is 0.489 e. The fraction of sp³-hybridized carbons (Fsp3) is 0.688. The van der Waals surface area contributed by atoms with Crippen LogP contribution in [-0.4, -0.2) is 47.3 Å². The van der Waals surface area contributed by atoms with Gasteiger partial charge in [0, 0.05) is 25.3 Å². The summed E-state index contributed by atoms with van der Waals surface area (Å²) in [5, 5.41) is 8.93. The van der Waals surface area contributed by atoms with Gasteiger partial charge in [0.25, 0.3) is 0 Å². The first-order chi connectivity index (χ1) is 9.72. The van der Waals surface area contributed by atoms with Gasteiger partial charge in [-0.25, -0.2) is 0 Å². The molecule has 1 N–H and O–H groups in total. The highest BCUT2D eigenvalue weighted by molar-refractivity contribution is 5.21. The molecular weight excluding hydrogens is 252 g/mol.